The number of H-pyrrole nitrogens is 1. The summed E-state index contributed by atoms with van der Waals surface area (Å²) in [5, 5.41) is 9.32. The minimum atomic E-state index is -0.364. The number of nitrogens with one attached hydrogen (secondary N) is 2. The third kappa shape index (κ3) is 2.45. The summed E-state index contributed by atoms with van der Waals surface area (Å²) in [6, 6.07) is 3.74. The third-order valence-electron chi connectivity index (χ3n) is 2.30. The molecule has 0 atom stereocenters. The monoisotopic (exact) mass is 250 g/mol. The number of hydrogen-bond acceptors (Lipinski definition) is 3. The predicted molar refractivity (Wildman–Crippen MR) is 65.3 cm³/mol. The number of carbonyl (C=O) groups is 1. The molecule has 1 amide bonds. The molecule has 1 heterocycles. The van der Waals surface area contributed by atoms with E-state index in [1.807, 2.05) is 19.9 Å². The Morgan fingerprint density at radius 3 is 2.76 bits per heavy atom. The number of carbonyl (C=O) groups excluding carboxylic acids is 1. The summed E-state index contributed by atoms with van der Waals surface area (Å²) >= 11 is 6.08. The lowest BCUT2D eigenvalue weighted by Gasteiger charge is -2.10. The van der Waals surface area contributed by atoms with Gasteiger partial charge in [0.2, 0.25) is 5.82 Å². The van der Waals surface area contributed by atoms with Crippen LogP contribution in [0, 0.1) is 13.8 Å². The SMILES string of the molecule is Cc1cc(C)c(NC(=O)c2ncn[nH]2)c(Cl)c1. The molecule has 0 radical (unpaired) electrons. The number of anilines is 1. The quantitative estimate of drug-likeness (QED) is 0.859. The lowest BCUT2D eigenvalue weighted by atomic mass is 10.1. The first-order valence-corrected chi connectivity index (χ1v) is 5.39. The first-order chi connectivity index (χ1) is 8.08. The van der Waals surface area contributed by atoms with Crippen LogP contribution in [0.4, 0.5) is 5.69 Å². The molecule has 17 heavy (non-hydrogen) atoms. The second-order valence-corrected chi connectivity index (χ2v) is 4.13. The summed E-state index contributed by atoms with van der Waals surface area (Å²) in [5.41, 5.74) is 2.55. The van der Waals surface area contributed by atoms with Gasteiger partial charge in [-0.3, -0.25) is 9.89 Å². The van der Waals surface area contributed by atoms with Crippen LogP contribution in [0.2, 0.25) is 5.02 Å². The number of benzene rings is 1. The van der Waals surface area contributed by atoms with E-state index in [1.54, 1.807) is 6.07 Å². The Morgan fingerprint density at radius 2 is 2.18 bits per heavy atom. The van der Waals surface area contributed by atoms with Crippen molar-refractivity contribution in [1.82, 2.24) is 15.2 Å². The number of hydrogen-bond donors (Lipinski definition) is 2. The Balaban J connectivity index is 2.28. The molecule has 0 aliphatic rings. The van der Waals surface area contributed by atoms with Crippen molar-refractivity contribution < 1.29 is 4.79 Å². The van der Waals surface area contributed by atoms with Gasteiger partial charge in [0, 0.05) is 0 Å². The fourth-order valence-corrected chi connectivity index (χ4v) is 1.93. The summed E-state index contributed by atoms with van der Waals surface area (Å²) in [5.74, 6) is -0.211. The van der Waals surface area contributed by atoms with Crippen molar-refractivity contribution in [1.29, 1.82) is 0 Å². The Labute approximate surface area is 103 Å². The van der Waals surface area contributed by atoms with Crippen LogP contribution in [0.1, 0.15) is 21.7 Å². The Bertz CT molecular complexity index is 528. The summed E-state index contributed by atoms with van der Waals surface area (Å²) in [6.45, 7) is 3.83. The van der Waals surface area contributed by atoms with E-state index in [9.17, 15) is 4.79 Å². The predicted octanol–water partition coefficient (Wildman–Crippen LogP) is 2.33. The maximum absolute atomic E-state index is 11.8. The van der Waals surface area contributed by atoms with Crippen molar-refractivity contribution in [2.45, 2.75) is 13.8 Å². The molecule has 0 aliphatic heterocycles. The fourth-order valence-electron chi connectivity index (χ4n) is 1.56. The number of aromatic amines is 1. The normalized spacial score (nSPS) is 10.3. The number of halogens is 1. The van der Waals surface area contributed by atoms with Crippen molar-refractivity contribution >= 4 is 23.2 Å². The van der Waals surface area contributed by atoms with Gasteiger partial charge in [0.1, 0.15) is 6.33 Å². The van der Waals surface area contributed by atoms with Crippen molar-refractivity contribution in [2.24, 2.45) is 0 Å². The zero-order chi connectivity index (χ0) is 12.4. The van der Waals surface area contributed by atoms with Crippen LogP contribution in [-0.2, 0) is 0 Å². The highest BCUT2D eigenvalue weighted by Gasteiger charge is 2.13. The maximum Gasteiger partial charge on any atom is 0.293 e. The summed E-state index contributed by atoms with van der Waals surface area (Å²) in [4.78, 5) is 15.5. The molecular formula is C11H11ClN4O. The zero-order valence-corrected chi connectivity index (χ0v) is 10.2. The summed E-state index contributed by atoms with van der Waals surface area (Å²) in [6.07, 6.45) is 1.28. The highest BCUT2D eigenvalue weighted by atomic mass is 35.5. The Kier molecular flexibility index (Phi) is 3.10. The molecule has 0 unspecified atom stereocenters. The van der Waals surface area contributed by atoms with Crippen LogP contribution < -0.4 is 5.32 Å². The van der Waals surface area contributed by atoms with Crippen molar-refractivity contribution in [3.8, 4) is 0 Å². The number of rotatable bonds is 2. The van der Waals surface area contributed by atoms with Crippen molar-refractivity contribution in [2.75, 3.05) is 5.32 Å². The molecule has 0 spiro atoms. The summed E-state index contributed by atoms with van der Waals surface area (Å²) in [7, 11) is 0. The Hall–Kier alpha value is -1.88. The van der Waals surface area contributed by atoms with Crippen molar-refractivity contribution in [3.05, 3.63) is 40.4 Å². The van der Waals surface area contributed by atoms with Crippen LogP contribution in [-0.4, -0.2) is 21.1 Å². The van der Waals surface area contributed by atoms with E-state index in [-0.39, 0.29) is 11.7 Å². The van der Waals surface area contributed by atoms with Crippen LogP contribution in [0.3, 0.4) is 0 Å². The zero-order valence-electron chi connectivity index (χ0n) is 9.41. The number of amides is 1. The molecule has 5 nitrogen and oxygen atoms in total. The highest BCUT2D eigenvalue weighted by molar-refractivity contribution is 6.34. The van der Waals surface area contributed by atoms with Gasteiger partial charge in [-0.05, 0) is 31.0 Å². The van der Waals surface area contributed by atoms with Gasteiger partial charge in [0.05, 0.1) is 10.7 Å². The minimum absolute atomic E-state index is 0.154. The molecule has 2 rings (SSSR count). The molecule has 1 aromatic carbocycles. The molecule has 2 aromatic rings. The average molecular weight is 251 g/mol. The molecule has 6 heteroatoms. The third-order valence-corrected chi connectivity index (χ3v) is 2.60. The first kappa shape index (κ1) is 11.6. The minimum Gasteiger partial charge on any atom is -0.318 e. The number of nitrogens with zero attached hydrogens (tertiary/aromatic N) is 2. The molecule has 0 saturated heterocycles. The van der Waals surface area contributed by atoms with E-state index in [0.717, 1.165) is 11.1 Å². The molecule has 2 N–H and O–H groups in total. The molecule has 0 saturated carbocycles. The van der Waals surface area contributed by atoms with Crippen LogP contribution in [0.5, 0.6) is 0 Å². The van der Waals surface area contributed by atoms with E-state index < -0.39 is 0 Å². The van der Waals surface area contributed by atoms with Crippen LogP contribution in [0.15, 0.2) is 18.5 Å². The Morgan fingerprint density at radius 1 is 1.41 bits per heavy atom. The van der Waals surface area contributed by atoms with Gasteiger partial charge in [-0.15, -0.1) is 0 Å². The molecule has 88 valence electrons. The first-order valence-electron chi connectivity index (χ1n) is 5.01. The number of aromatic nitrogens is 3. The molecule has 0 aliphatic carbocycles. The lowest BCUT2D eigenvalue weighted by molar-refractivity contribution is 0.101. The largest absolute Gasteiger partial charge is 0.318 e. The lowest BCUT2D eigenvalue weighted by Crippen LogP contribution is -2.15. The van der Waals surface area contributed by atoms with Gasteiger partial charge in [-0.2, -0.15) is 5.10 Å². The van der Waals surface area contributed by atoms with E-state index in [0.29, 0.717) is 10.7 Å². The van der Waals surface area contributed by atoms with Gasteiger partial charge in [-0.1, -0.05) is 17.7 Å². The fraction of sp³-hybridized carbons (Fsp3) is 0.182. The topological polar surface area (TPSA) is 70.7 Å². The molecule has 1 aromatic heterocycles. The molecule has 0 bridgehead atoms. The second kappa shape index (κ2) is 4.55. The standard InChI is InChI=1S/C11H11ClN4O/c1-6-3-7(2)9(8(12)4-6)15-11(17)10-13-5-14-16-10/h3-5H,1-2H3,(H,15,17)(H,13,14,16). The van der Waals surface area contributed by atoms with E-state index >= 15 is 0 Å². The smallest absolute Gasteiger partial charge is 0.293 e. The van der Waals surface area contributed by atoms with Crippen molar-refractivity contribution in [3.63, 3.8) is 0 Å². The van der Waals surface area contributed by atoms with Crippen LogP contribution in [0.25, 0.3) is 0 Å². The molecule has 0 fully saturated rings. The highest BCUT2D eigenvalue weighted by Crippen LogP contribution is 2.27. The van der Waals surface area contributed by atoms with E-state index in [4.69, 9.17) is 11.6 Å². The second-order valence-electron chi connectivity index (χ2n) is 3.73. The van der Waals surface area contributed by atoms with Gasteiger partial charge in [0.25, 0.3) is 5.91 Å². The van der Waals surface area contributed by atoms with Crippen LogP contribution >= 0.6 is 11.6 Å². The van der Waals surface area contributed by atoms with Gasteiger partial charge in [-0.25, -0.2) is 4.98 Å². The summed E-state index contributed by atoms with van der Waals surface area (Å²) < 4.78 is 0. The number of aryl methyl sites for hydroxylation is 2. The van der Waals surface area contributed by atoms with Gasteiger partial charge < -0.3 is 5.32 Å². The van der Waals surface area contributed by atoms with Gasteiger partial charge >= 0.3 is 0 Å². The van der Waals surface area contributed by atoms with E-state index in [2.05, 4.69) is 20.5 Å². The maximum atomic E-state index is 11.8. The van der Waals surface area contributed by atoms with Gasteiger partial charge in [0.15, 0.2) is 0 Å². The molecular weight excluding hydrogens is 240 g/mol. The average Bonchev–Trinajstić information content (AvgIpc) is 2.76. The van der Waals surface area contributed by atoms with E-state index in [1.165, 1.54) is 6.33 Å².